The van der Waals surface area contributed by atoms with Crippen LogP contribution in [0, 0.1) is 0 Å². The van der Waals surface area contributed by atoms with Gasteiger partial charge in [-0.1, -0.05) is 17.4 Å². The molecule has 0 fully saturated rings. The average Bonchev–Trinajstić information content (AvgIpc) is 3.19. The Morgan fingerprint density at radius 1 is 0.971 bits per heavy atom. The van der Waals surface area contributed by atoms with Gasteiger partial charge in [0.2, 0.25) is 0 Å². The standard InChI is InChI=1S/C22H15F5N4O3S/c1-28-19(32)17-10-14(7-8-29-17)33-13-5-6-16-18(11-13)35-20(31-16)30-12-3-2-4-15(9-12)34-22(26,27)21(23,24)25/h2-11H,1H3,(H,28,32)(H,30,31). The summed E-state index contributed by atoms with van der Waals surface area (Å²) in [5.41, 5.74) is 0.991. The molecular weight excluding hydrogens is 495 g/mol. The van der Waals surface area contributed by atoms with Crippen LogP contribution in [0.15, 0.2) is 60.8 Å². The van der Waals surface area contributed by atoms with E-state index in [0.717, 1.165) is 12.1 Å². The summed E-state index contributed by atoms with van der Waals surface area (Å²) in [6.07, 6.45) is -9.73. The minimum absolute atomic E-state index is 0.189. The number of thiazole rings is 1. The van der Waals surface area contributed by atoms with E-state index >= 15 is 0 Å². The molecule has 4 aromatic rings. The Hall–Kier alpha value is -4.00. The molecule has 0 atom stereocenters. The number of alkyl halides is 5. The number of hydrogen-bond acceptors (Lipinski definition) is 7. The Morgan fingerprint density at radius 2 is 1.74 bits per heavy atom. The lowest BCUT2D eigenvalue weighted by Crippen LogP contribution is -2.41. The Morgan fingerprint density at radius 3 is 2.49 bits per heavy atom. The number of carbonyl (C=O) groups is 1. The number of amides is 1. The number of rotatable bonds is 7. The number of carbonyl (C=O) groups excluding carboxylic acids is 1. The lowest BCUT2D eigenvalue weighted by molar-refractivity contribution is -0.360. The molecule has 0 saturated carbocycles. The first-order chi connectivity index (χ1) is 16.5. The molecule has 0 aliphatic heterocycles. The van der Waals surface area contributed by atoms with E-state index in [1.54, 1.807) is 24.3 Å². The molecule has 13 heteroatoms. The summed E-state index contributed by atoms with van der Waals surface area (Å²) < 4.78 is 73.9. The van der Waals surface area contributed by atoms with Gasteiger partial charge >= 0.3 is 12.3 Å². The van der Waals surface area contributed by atoms with Gasteiger partial charge in [0.05, 0.1) is 10.2 Å². The highest BCUT2D eigenvalue weighted by atomic mass is 32.1. The number of fused-ring (bicyclic) bond motifs is 1. The van der Waals surface area contributed by atoms with E-state index in [4.69, 9.17) is 4.74 Å². The maximum atomic E-state index is 13.2. The lowest BCUT2D eigenvalue weighted by atomic mass is 10.3. The molecule has 0 bridgehead atoms. The van der Waals surface area contributed by atoms with E-state index in [1.165, 1.54) is 42.8 Å². The van der Waals surface area contributed by atoms with Gasteiger partial charge in [0.1, 0.15) is 22.9 Å². The van der Waals surface area contributed by atoms with Gasteiger partial charge in [-0.25, -0.2) is 4.98 Å². The number of pyridine rings is 1. The van der Waals surface area contributed by atoms with Crippen molar-refractivity contribution in [3.05, 3.63) is 66.5 Å². The number of nitrogens with zero attached hydrogens (tertiary/aromatic N) is 2. The maximum Gasteiger partial charge on any atom is 0.499 e. The summed E-state index contributed by atoms with van der Waals surface area (Å²) in [4.78, 5) is 20.1. The van der Waals surface area contributed by atoms with Crippen LogP contribution in [0.2, 0.25) is 0 Å². The van der Waals surface area contributed by atoms with Gasteiger partial charge in [-0.05, 0) is 30.3 Å². The Labute approximate surface area is 198 Å². The van der Waals surface area contributed by atoms with E-state index in [2.05, 4.69) is 25.3 Å². The number of aromatic nitrogens is 2. The van der Waals surface area contributed by atoms with Gasteiger partial charge in [0.25, 0.3) is 5.91 Å². The normalized spacial score (nSPS) is 11.8. The van der Waals surface area contributed by atoms with Crippen molar-refractivity contribution < 1.29 is 36.2 Å². The van der Waals surface area contributed by atoms with Gasteiger partial charge in [-0.2, -0.15) is 22.0 Å². The first-order valence-electron chi connectivity index (χ1n) is 9.81. The topological polar surface area (TPSA) is 85.4 Å². The van der Waals surface area contributed by atoms with Crippen LogP contribution in [0.25, 0.3) is 10.2 Å². The molecule has 1 amide bonds. The minimum atomic E-state index is -5.84. The number of anilines is 2. The summed E-state index contributed by atoms with van der Waals surface area (Å²) in [6, 6.07) is 12.9. The zero-order valence-electron chi connectivity index (χ0n) is 17.7. The van der Waals surface area contributed by atoms with Crippen LogP contribution in [0.3, 0.4) is 0 Å². The molecule has 0 saturated heterocycles. The van der Waals surface area contributed by atoms with Crippen LogP contribution in [-0.2, 0) is 0 Å². The number of halogens is 5. The molecule has 0 unspecified atom stereocenters. The predicted molar refractivity (Wildman–Crippen MR) is 119 cm³/mol. The van der Waals surface area contributed by atoms with Crippen molar-refractivity contribution in [3.63, 3.8) is 0 Å². The van der Waals surface area contributed by atoms with Crippen molar-refractivity contribution in [3.8, 4) is 17.2 Å². The van der Waals surface area contributed by atoms with Crippen LogP contribution >= 0.6 is 11.3 Å². The Balaban J connectivity index is 1.50. The molecular formula is C22H15F5N4O3S. The fraction of sp³-hybridized carbons (Fsp3) is 0.136. The van der Waals surface area contributed by atoms with Gasteiger partial charge in [0.15, 0.2) is 5.13 Å². The Bertz CT molecular complexity index is 1380. The SMILES string of the molecule is CNC(=O)c1cc(Oc2ccc3nc(Nc4cccc(OC(F)(F)C(F)(F)F)c4)sc3c2)ccn1. The highest BCUT2D eigenvalue weighted by Gasteiger charge is 2.61. The van der Waals surface area contributed by atoms with Gasteiger partial charge in [0, 0.05) is 37.1 Å². The van der Waals surface area contributed by atoms with Gasteiger partial charge in [-0.15, -0.1) is 0 Å². The summed E-state index contributed by atoms with van der Waals surface area (Å²) in [7, 11) is 1.49. The molecule has 0 aliphatic carbocycles. The summed E-state index contributed by atoms with van der Waals surface area (Å²) >= 11 is 1.20. The first kappa shape index (κ1) is 24.1. The summed E-state index contributed by atoms with van der Waals surface area (Å²) in [5.74, 6) is -0.164. The van der Waals surface area contributed by atoms with Crippen molar-refractivity contribution in [1.29, 1.82) is 0 Å². The molecule has 0 aliphatic rings. The quantitative estimate of drug-likeness (QED) is 0.292. The molecule has 7 nitrogen and oxygen atoms in total. The third-order valence-corrected chi connectivity index (χ3v) is 5.38. The predicted octanol–water partition coefficient (Wildman–Crippen LogP) is 6.12. The second kappa shape index (κ2) is 9.33. The summed E-state index contributed by atoms with van der Waals surface area (Å²) in [6.45, 7) is 0. The first-order valence-corrected chi connectivity index (χ1v) is 10.6. The zero-order valence-corrected chi connectivity index (χ0v) is 18.5. The molecule has 0 spiro atoms. The number of benzene rings is 2. The molecule has 2 N–H and O–H groups in total. The van der Waals surface area contributed by atoms with Crippen LogP contribution < -0.4 is 20.1 Å². The van der Waals surface area contributed by atoms with E-state index in [1.807, 2.05) is 0 Å². The molecule has 4 rings (SSSR count). The van der Waals surface area contributed by atoms with E-state index < -0.39 is 18.0 Å². The Kier molecular flexibility index (Phi) is 6.43. The largest absolute Gasteiger partial charge is 0.499 e. The molecule has 35 heavy (non-hydrogen) atoms. The molecule has 2 aromatic heterocycles. The molecule has 182 valence electrons. The van der Waals surface area contributed by atoms with Crippen molar-refractivity contribution >= 4 is 38.3 Å². The van der Waals surface area contributed by atoms with E-state index in [0.29, 0.717) is 26.8 Å². The monoisotopic (exact) mass is 510 g/mol. The molecule has 0 radical (unpaired) electrons. The fourth-order valence-electron chi connectivity index (χ4n) is 2.85. The third kappa shape index (κ3) is 5.57. The van der Waals surface area contributed by atoms with Crippen LogP contribution in [0.5, 0.6) is 17.2 Å². The highest BCUT2D eigenvalue weighted by Crippen LogP contribution is 2.38. The van der Waals surface area contributed by atoms with E-state index in [9.17, 15) is 26.7 Å². The van der Waals surface area contributed by atoms with Crippen molar-refractivity contribution in [2.24, 2.45) is 0 Å². The lowest BCUT2D eigenvalue weighted by Gasteiger charge is -2.20. The number of ether oxygens (including phenoxy) is 2. The van der Waals surface area contributed by atoms with Crippen LogP contribution in [-0.4, -0.2) is 35.2 Å². The average molecular weight is 510 g/mol. The zero-order chi connectivity index (χ0) is 25.2. The highest BCUT2D eigenvalue weighted by molar-refractivity contribution is 7.22. The fourth-order valence-corrected chi connectivity index (χ4v) is 3.77. The minimum Gasteiger partial charge on any atom is -0.457 e. The molecule has 2 heterocycles. The van der Waals surface area contributed by atoms with Crippen LogP contribution in [0.4, 0.5) is 32.8 Å². The second-order valence-electron chi connectivity index (χ2n) is 6.98. The molecule has 2 aromatic carbocycles. The third-order valence-electron chi connectivity index (χ3n) is 4.45. The van der Waals surface area contributed by atoms with E-state index in [-0.39, 0.29) is 17.3 Å². The smallest absolute Gasteiger partial charge is 0.457 e. The number of hydrogen-bond donors (Lipinski definition) is 2. The van der Waals surface area contributed by atoms with Crippen molar-refractivity contribution in [2.75, 3.05) is 12.4 Å². The van der Waals surface area contributed by atoms with Gasteiger partial charge in [-0.3, -0.25) is 9.78 Å². The van der Waals surface area contributed by atoms with Crippen molar-refractivity contribution in [2.45, 2.75) is 12.3 Å². The van der Waals surface area contributed by atoms with Gasteiger partial charge < -0.3 is 20.1 Å². The number of nitrogens with one attached hydrogen (secondary N) is 2. The van der Waals surface area contributed by atoms with Crippen molar-refractivity contribution in [1.82, 2.24) is 15.3 Å². The summed E-state index contributed by atoms with van der Waals surface area (Å²) in [5, 5.41) is 5.70. The maximum absolute atomic E-state index is 13.2. The second-order valence-corrected chi connectivity index (χ2v) is 8.01. The van der Waals surface area contributed by atoms with Crippen LogP contribution in [0.1, 0.15) is 10.5 Å².